The van der Waals surface area contributed by atoms with Crippen LogP contribution < -0.4 is 16.0 Å². The molecule has 7 heteroatoms. The van der Waals surface area contributed by atoms with Crippen LogP contribution in [0.2, 0.25) is 0 Å². The first-order valence-corrected chi connectivity index (χ1v) is 10.5. The Bertz CT molecular complexity index is 434. The number of rotatable bonds is 16. The van der Waals surface area contributed by atoms with Crippen LogP contribution in [0.3, 0.4) is 0 Å². The lowest BCUT2D eigenvalue weighted by molar-refractivity contribution is -0.125. The second-order valence-corrected chi connectivity index (χ2v) is 8.73. The van der Waals surface area contributed by atoms with E-state index in [1.54, 1.807) is 0 Å². The first kappa shape index (κ1) is 27.0. The molecule has 28 heavy (non-hydrogen) atoms. The normalized spacial score (nSPS) is 13.2. The largest absolute Gasteiger partial charge is 0.378 e. The number of nitrogens with one attached hydrogen (secondary N) is 3. The molecule has 0 aromatic heterocycles. The van der Waals surface area contributed by atoms with Crippen LogP contribution in [-0.2, 0) is 19.1 Å². The lowest BCUT2D eigenvalue weighted by Gasteiger charge is -2.28. The van der Waals surface area contributed by atoms with E-state index in [9.17, 15) is 9.59 Å². The van der Waals surface area contributed by atoms with Crippen molar-refractivity contribution >= 4 is 11.7 Å². The fraction of sp³-hybridized carbons (Fsp3) is 0.905. The maximum atomic E-state index is 12.5. The van der Waals surface area contributed by atoms with Gasteiger partial charge < -0.3 is 25.4 Å². The zero-order chi connectivity index (χ0) is 21.6. The van der Waals surface area contributed by atoms with Crippen LogP contribution in [0.5, 0.6) is 0 Å². The number of ketones is 1. The third kappa shape index (κ3) is 16.0. The van der Waals surface area contributed by atoms with E-state index in [1.165, 1.54) is 0 Å². The van der Waals surface area contributed by atoms with Crippen molar-refractivity contribution in [3.05, 3.63) is 0 Å². The smallest absolute Gasteiger partial charge is 0.237 e. The van der Waals surface area contributed by atoms with Crippen molar-refractivity contribution in [1.29, 1.82) is 0 Å². The summed E-state index contributed by atoms with van der Waals surface area (Å²) in [6.45, 7) is 17.4. The van der Waals surface area contributed by atoms with E-state index in [0.717, 1.165) is 6.54 Å². The van der Waals surface area contributed by atoms with Crippen molar-refractivity contribution in [2.75, 3.05) is 39.5 Å². The van der Waals surface area contributed by atoms with Crippen molar-refractivity contribution in [2.24, 2.45) is 5.92 Å². The van der Waals surface area contributed by atoms with Crippen LogP contribution in [0, 0.1) is 5.92 Å². The predicted molar refractivity (Wildman–Crippen MR) is 114 cm³/mol. The standard InChI is InChI=1S/C21H43N3O4/c1-16(2)19(25)9-8-18(24-21(5,6)7)20(26)23-11-13-28-15-14-27-12-10-22-17(3)4/h16-18,22,24H,8-15H2,1-7H3,(H,23,26). The van der Waals surface area contributed by atoms with E-state index in [0.29, 0.717) is 51.9 Å². The molecule has 0 aromatic carbocycles. The van der Waals surface area contributed by atoms with Crippen LogP contribution >= 0.6 is 0 Å². The molecule has 166 valence electrons. The van der Waals surface area contributed by atoms with E-state index < -0.39 is 0 Å². The minimum absolute atomic E-state index is 0.00452. The van der Waals surface area contributed by atoms with Gasteiger partial charge in [0.15, 0.2) is 0 Å². The zero-order valence-corrected chi connectivity index (χ0v) is 19.0. The molecule has 0 fully saturated rings. The maximum absolute atomic E-state index is 12.5. The molecule has 0 saturated heterocycles. The molecule has 7 nitrogen and oxygen atoms in total. The molecule has 0 aliphatic heterocycles. The molecule has 0 aliphatic rings. The van der Waals surface area contributed by atoms with Crippen molar-refractivity contribution in [2.45, 2.75) is 78.9 Å². The Balaban J connectivity index is 4.02. The number of ether oxygens (including phenoxy) is 2. The second kappa shape index (κ2) is 14.9. The minimum Gasteiger partial charge on any atom is -0.378 e. The van der Waals surface area contributed by atoms with Gasteiger partial charge in [0.05, 0.1) is 32.5 Å². The van der Waals surface area contributed by atoms with Gasteiger partial charge >= 0.3 is 0 Å². The Hall–Kier alpha value is -1.02. The van der Waals surface area contributed by atoms with Gasteiger partial charge in [0.2, 0.25) is 5.91 Å². The molecule has 0 aromatic rings. The van der Waals surface area contributed by atoms with Gasteiger partial charge in [-0.15, -0.1) is 0 Å². The third-order valence-corrected chi connectivity index (χ3v) is 3.96. The minimum atomic E-state index is -0.389. The molecule has 0 spiro atoms. The van der Waals surface area contributed by atoms with Crippen molar-refractivity contribution in [3.63, 3.8) is 0 Å². The molecule has 0 rings (SSSR count). The summed E-state index contributed by atoms with van der Waals surface area (Å²) in [5.74, 6) is 0.0849. The van der Waals surface area contributed by atoms with E-state index in [4.69, 9.17) is 9.47 Å². The highest BCUT2D eigenvalue weighted by Gasteiger charge is 2.24. The average molecular weight is 402 g/mol. The number of amides is 1. The Kier molecular flexibility index (Phi) is 14.4. The summed E-state index contributed by atoms with van der Waals surface area (Å²) in [5, 5.41) is 9.48. The number of carbonyl (C=O) groups excluding carboxylic acids is 2. The van der Waals surface area contributed by atoms with Crippen molar-refractivity contribution in [1.82, 2.24) is 16.0 Å². The summed E-state index contributed by atoms with van der Waals surface area (Å²) < 4.78 is 10.9. The van der Waals surface area contributed by atoms with E-state index in [1.807, 2.05) is 34.6 Å². The topological polar surface area (TPSA) is 88.7 Å². The van der Waals surface area contributed by atoms with Gasteiger partial charge in [0.25, 0.3) is 0 Å². The third-order valence-electron chi connectivity index (χ3n) is 3.96. The fourth-order valence-corrected chi connectivity index (χ4v) is 2.48. The number of hydrogen-bond acceptors (Lipinski definition) is 6. The van der Waals surface area contributed by atoms with Crippen LogP contribution in [0.1, 0.15) is 61.3 Å². The zero-order valence-electron chi connectivity index (χ0n) is 19.0. The van der Waals surface area contributed by atoms with E-state index >= 15 is 0 Å². The van der Waals surface area contributed by atoms with Gasteiger partial charge in [-0.25, -0.2) is 0 Å². The molecule has 0 bridgehead atoms. The summed E-state index contributed by atoms with van der Waals surface area (Å²) >= 11 is 0. The van der Waals surface area contributed by atoms with Crippen molar-refractivity contribution in [3.8, 4) is 0 Å². The Morgan fingerprint density at radius 1 is 0.893 bits per heavy atom. The molecule has 3 N–H and O–H groups in total. The van der Waals surface area contributed by atoms with E-state index in [2.05, 4.69) is 29.8 Å². The monoisotopic (exact) mass is 401 g/mol. The molecule has 1 atom stereocenters. The first-order valence-electron chi connectivity index (χ1n) is 10.5. The summed E-state index contributed by atoms with van der Waals surface area (Å²) in [7, 11) is 0. The van der Waals surface area contributed by atoms with Crippen LogP contribution in [0.4, 0.5) is 0 Å². The maximum Gasteiger partial charge on any atom is 0.237 e. The van der Waals surface area contributed by atoms with Gasteiger partial charge in [-0.1, -0.05) is 27.7 Å². The summed E-state index contributed by atoms with van der Waals surface area (Å²) in [5.41, 5.74) is -0.207. The highest BCUT2D eigenvalue weighted by molar-refractivity contribution is 5.84. The highest BCUT2D eigenvalue weighted by Crippen LogP contribution is 2.09. The Morgan fingerprint density at radius 2 is 1.46 bits per heavy atom. The SMILES string of the molecule is CC(C)NCCOCCOCCNC(=O)C(CCC(=O)C(C)C)NC(C)(C)C. The molecular weight excluding hydrogens is 358 g/mol. The lowest BCUT2D eigenvalue weighted by Crippen LogP contribution is -2.52. The first-order chi connectivity index (χ1) is 13.0. The lowest BCUT2D eigenvalue weighted by atomic mass is 9.99. The molecule has 1 unspecified atom stereocenters. The number of carbonyl (C=O) groups is 2. The number of hydrogen-bond donors (Lipinski definition) is 3. The van der Waals surface area contributed by atoms with Crippen molar-refractivity contribution < 1.29 is 19.1 Å². The van der Waals surface area contributed by atoms with Crippen LogP contribution in [-0.4, -0.2) is 68.8 Å². The van der Waals surface area contributed by atoms with Crippen LogP contribution in [0.15, 0.2) is 0 Å². The molecule has 0 heterocycles. The van der Waals surface area contributed by atoms with Crippen LogP contribution in [0.25, 0.3) is 0 Å². The summed E-state index contributed by atoms with van der Waals surface area (Å²) in [6, 6.07) is 0.0723. The summed E-state index contributed by atoms with van der Waals surface area (Å²) in [4.78, 5) is 24.4. The van der Waals surface area contributed by atoms with E-state index in [-0.39, 0.29) is 29.2 Å². The Labute approximate surface area is 171 Å². The van der Waals surface area contributed by atoms with Gasteiger partial charge in [0, 0.05) is 37.0 Å². The number of Topliss-reactive ketones (excluding diaryl/α,β-unsaturated/α-hetero) is 1. The van der Waals surface area contributed by atoms with Gasteiger partial charge in [-0.3, -0.25) is 9.59 Å². The average Bonchev–Trinajstić information content (AvgIpc) is 2.58. The highest BCUT2D eigenvalue weighted by atomic mass is 16.5. The molecule has 1 amide bonds. The van der Waals surface area contributed by atoms with Gasteiger partial charge in [-0.05, 0) is 27.2 Å². The fourth-order valence-electron chi connectivity index (χ4n) is 2.48. The Morgan fingerprint density at radius 3 is 1.96 bits per heavy atom. The van der Waals surface area contributed by atoms with Gasteiger partial charge in [-0.2, -0.15) is 0 Å². The second-order valence-electron chi connectivity index (χ2n) is 8.73. The molecule has 0 saturated carbocycles. The summed E-state index contributed by atoms with van der Waals surface area (Å²) in [6.07, 6.45) is 0.900. The quantitative estimate of drug-likeness (QED) is 0.342. The molecule has 0 aliphatic carbocycles. The predicted octanol–water partition coefficient (Wildman–Crippen LogP) is 1.90. The molecular formula is C21H43N3O4. The molecule has 0 radical (unpaired) electrons. The van der Waals surface area contributed by atoms with Gasteiger partial charge in [0.1, 0.15) is 5.78 Å².